The van der Waals surface area contributed by atoms with Crippen LogP contribution in [0.1, 0.15) is 16.7 Å². The average molecular weight is 1430 g/mol. The second kappa shape index (κ2) is 23.3. The van der Waals surface area contributed by atoms with Gasteiger partial charge in [0.1, 0.15) is 49.6 Å². The third kappa shape index (κ3) is 9.92. The molecule has 420 valence electrons. The molecule has 0 saturated carbocycles. The minimum atomic E-state index is -0.156. The Morgan fingerprint density at radius 2 is 0.571 bits per heavy atom. The predicted molar refractivity (Wildman–Crippen MR) is 333 cm³/mol. The largest absolute Gasteiger partial charge is 2.00 e. The molecule has 2 aliphatic rings. The summed E-state index contributed by atoms with van der Waals surface area (Å²) in [5, 5.41) is -1.29. The zero-order chi connectivity index (χ0) is 58.9. The number of methoxy groups -OCH3 is 3. The Morgan fingerprint density at radius 1 is 0.310 bits per heavy atom. The molecule has 12 rings (SSSR count). The van der Waals surface area contributed by atoms with Gasteiger partial charge < -0.3 is 58.3 Å². The molecule has 0 amide bonds. The van der Waals surface area contributed by atoms with Crippen molar-refractivity contribution in [3.05, 3.63) is 137 Å². The smallest absolute Gasteiger partial charge is 0.497 e. The van der Waals surface area contributed by atoms with Gasteiger partial charge in [-0.1, -0.05) is 151 Å². The zero-order valence-electron chi connectivity index (χ0n) is 43.3. The van der Waals surface area contributed by atoms with Crippen LogP contribution >= 0.6 is 151 Å². The third-order valence-electron chi connectivity index (χ3n) is 13.4. The quantitative estimate of drug-likeness (QED) is 0.0762. The first-order chi connectivity index (χ1) is 39.6. The van der Waals surface area contributed by atoms with Gasteiger partial charge in [0.25, 0.3) is 0 Å². The Bertz CT molecular complexity index is 4670. The summed E-state index contributed by atoms with van der Waals surface area (Å²) in [5.41, 5.74) is 1.66. The fraction of sp³-hybridized carbons (Fsp3) is 0.107. The summed E-state index contributed by atoms with van der Waals surface area (Å²) in [6, 6.07) is 15.4. The normalized spacial score (nSPS) is 11.7. The Kier molecular flexibility index (Phi) is 16.9. The van der Waals surface area contributed by atoms with Crippen LogP contribution in [0.5, 0.6) is 51.7 Å². The predicted octanol–water partition coefficient (Wildman–Crippen LogP) is 20.9. The van der Waals surface area contributed by atoms with E-state index in [1.165, 1.54) is 14.2 Å². The topological polar surface area (TPSA) is 161 Å². The molecule has 0 aliphatic carbocycles. The van der Waals surface area contributed by atoms with E-state index < -0.39 is 0 Å². The van der Waals surface area contributed by atoms with E-state index in [2.05, 4.69) is 0 Å². The summed E-state index contributed by atoms with van der Waals surface area (Å²) in [7, 11) is 4.62. The fourth-order valence-corrected chi connectivity index (χ4v) is 12.9. The summed E-state index contributed by atoms with van der Waals surface area (Å²) in [5.74, 6) is 1.96. The first kappa shape index (κ1) is 60.8. The third-order valence-corrected chi connectivity index (χ3v) is 18.8. The van der Waals surface area contributed by atoms with Gasteiger partial charge in [0.15, 0.2) is 17.2 Å². The average Bonchev–Trinajstić information content (AvgIpc) is 2.55. The van der Waals surface area contributed by atoms with E-state index in [9.17, 15) is 0 Å². The van der Waals surface area contributed by atoms with Crippen LogP contribution < -0.4 is 38.4 Å². The Hall–Kier alpha value is -4.91. The van der Waals surface area contributed by atoms with E-state index in [1.54, 1.807) is 82.5 Å². The molecule has 0 fully saturated rings. The Balaban J connectivity index is 0.00000736. The van der Waals surface area contributed by atoms with Crippen molar-refractivity contribution in [3.8, 4) is 97.3 Å². The summed E-state index contributed by atoms with van der Waals surface area (Å²) in [4.78, 5) is 39.8. The van der Waals surface area contributed by atoms with Gasteiger partial charge in [-0.2, -0.15) is 0 Å². The van der Waals surface area contributed by atoms with E-state index in [0.717, 1.165) is 0 Å². The van der Waals surface area contributed by atoms with Crippen LogP contribution in [0.2, 0.25) is 65.3 Å². The van der Waals surface area contributed by atoms with E-state index in [0.29, 0.717) is 51.2 Å². The molecule has 28 heteroatoms. The van der Waals surface area contributed by atoms with Gasteiger partial charge in [-0.3, -0.25) is 0 Å². The zero-order valence-corrected chi connectivity index (χ0v) is 56.1. The summed E-state index contributed by atoms with van der Waals surface area (Å²) in [6.45, 7) is 5.41. The van der Waals surface area contributed by atoms with Gasteiger partial charge in [0.05, 0.1) is 94.9 Å². The monoisotopic (exact) mass is 1430 g/mol. The molecular formula is C56H27Cl13N8O6Zn. The molecule has 5 heterocycles. The van der Waals surface area contributed by atoms with Crippen LogP contribution in [-0.2, 0) is 19.5 Å². The number of hydrogen-bond donors (Lipinski definition) is 0. The van der Waals surface area contributed by atoms with Gasteiger partial charge in [0, 0.05) is 66.4 Å². The van der Waals surface area contributed by atoms with Crippen molar-refractivity contribution in [1.29, 1.82) is 0 Å². The van der Waals surface area contributed by atoms with E-state index in [1.807, 2.05) is 0 Å². The van der Waals surface area contributed by atoms with E-state index in [4.69, 9.17) is 219 Å². The van der Waals surface area contributed by atoms with Gasteiger partial charge in [-0.25, -0.2) is 9.97 Å². The maximum Gasteiger partial charge on any atom is 2.00 e. The molecule has 3 aromatic heterocycles. The van der Waals surface area contributed by atoms with Crippen molar-refractivity contribution >= 4 is 195 Å². The molecule has 0 saturated heterocycles. The summed E-state index contributed by atoms with van der Waals surface area (Å²) in [6.07, 6.45) is 0. The van der Waals surface area contributed by atoms with E-state index in [-0.39, 0.29) is 192 Å². The van der Waals surface area contributed by atoms with Crippen molar-refractivity contribution < 1.29 is 47.9 Å². The SMILES string of the molecule is COc1ccc(Oc2c(Cl)c(Cl)c3c(c2Cl)-c2nc-3nc3[n-]c(nc4nc(nc5[n-]c(n2)c2c(Cl)c(Cl)c(Oc6ccc(OC)cc6C)c(Cl)c52)-c2c(Cl)c(Cl)c(Cl)c(Cl)c2-4)c2c(Cl)c(Cl)c(Oc4ccc(OC)cc4C)c(Cl)c32)c(C)c1.[Zn+2]. The molecule has 0 radical (unpaired) electrons. The van der Waals surface area contributed by atoms with Crippen LogP contribution in [0.3, 0.4) is 0 Å². The second-order valence-electron chi connectivity index (χ2n) is 18.3. The van der Waals surface area contributed by atoms with Gasteiger partial charge in [0.2, 0.25) is 0 Å². The summed E-state index contributed by atoms with van der Waals surface area (Å²) < 4.78 is 35.7. The molecule has 0 unspecified atom stereocenters. The van der Waals surface area contributed by atoms with Crippen molar-refractivity contribution in [2.24, 2.45) is 0 Å². The van der Waals surface area contributed by atoms with Crippen molar-refractivity contribution in [2.45, 2.75) is 20.8 Å². The first-order valence-electron chi connectivity index (χ1n) is 23.8. The molecule has 8 bridgehead atoms. The number of hydrogen-bond acceptors (Lipinski definition) is 12. The Labute approximate surface area is 553 Å². The second-order valence-corrected chi connectivity index (χ2v) is 23.2. The van der Waals surface area contributed by atoms with Crippen LogP contribution in [0.15, 0.2) is 54.6 Å². The molecule has 14 nitrogen and oxygen atoms in total. The maximum absolute atomic E-state index is 7.48. The number of ether oxygens (including phenoxy) is 6. The van der Waals surface area contributed by atoms with Crippen LogP contribution in [0.4, 0.5) is 0 Å². The molecule has 2 aliphatic heterocycles. The first-order valence-corrected chi connectivity index (χ1v) is 28.7. The van der Waals surface area contributed by atoms with Gasteiger partial charge >= 0.3 is 19.5 Å². The molecule has 0 atom stereocenters. The minimum absolute atomic E-state index is 0. The number of rotatable bonds is 9. The number of nitrogens with zero attached hydrogens (tertiary/aromatic N) is 8. The van der Waals surface area contributed by atoms with Crippen molar-refractivity contribution in [3.63, 3.8) is 0 Å². The number of aromatic nitrogens is 8. The van der Waals surface area contributed by atoms with Crippen molar-refractivity contribution in [1.82, 2.24) is 39.9 Å². The minimum Gasteiger partial charge on any atom is -0.497 e. The van der Waals surface area contributed by atoms with E-state index >= 15 is 0 Å². The fourth-order valence-electron chi connectivity index (χ4n) is 9.31. The maximum atomic E-state index is 7.48. The van der Waals surface area contributed by atoms with Crippen LogP contribution in [0.25, 0.3) is 89.7 Å². The van der Waals surface area contributed by atoms with Gasteiger partial charge in [-0.15, -0.1) is 0 Å². The van der Waals surface area contributed by atoms with Crippen LogP contribution in [-0.4, -0.2) is 51.2 Å². The van der Waals surface area contributed by atoms with Crippen LogP contribution in [0, 0.1) is 20.8 Å². The molecule has 0 spiro atoms. The summed E-state index contributed by atoms with van der Waals surface area (Å²) >= 11 is 93.6. The molecule has 10 aromatic rings. The molecule has 0 N–H and O–H groups in total. The Morgan fingerprint density at radius 3 is 0.869 bits per heavy atom. The number of halogens is 13. The number of aryl methyl sites for hydroxylation is 3. The number of fused-ring (bicyclic) bond motifs is 20. The molecule has 84 heavy (non-hydrogen) atoms. The number of benzene rings is 7. The molecular weight excluding hydrogens is 1410 g/mol. The van der Waals surface area contributed by atoms with Crippen molar-refractivity contribution in [2.75, 3.05) is 21.3 Å². The standard InChI is InChI=1S/C56H27Cl13N8O6.Zn/c1-16-13-19(78-4)7-10-22(16)81-46-38(62)30-27(35(59)43(46)67)51-71-49-25-26(34(58)42(66)41(65)33(25)57)50(70-49)72-54-31-28(36(60)44(68)47(39(31)63)82-23-11-8-20(79-5)14-17(23)2)52(74-54)76-56-32-29(53(77-56)75-55(30)73-51)37(61)45(69)48(40(32)64)83-24-12-9-21(80-6)15-18(24)3;/h7-15H,1-6H3;/q-2;+2. The molecule has 7 aromatic carbocycles. The van der Waals surface area contributed by atoms with Gasteiger partial charge in [-0.05, 0) is 92.1 Å².